The summed E-state index contributed by atoms with van der Waals surface area (Å²) in [6, 6.07) is 8.84. The molecule has 4 heteroatoms. The maximum Gasteiger partial charge on any atom is 0.159 e. The van der Waals surface area contributed by atoms with Gasteiger partial charge >= 0.3 is 0 Å². The van der Waals surface area contributed by atoms with E-state index in [1.807, 2.05) is 0 Å². The third-order valence-electron chi connectivity index (χ3n) is 3.47. The van der Waals surface area contributed by atoms with E-state index in [-0.39, 0.29) is 0 Å². The third-order valence-corrected chi connectivity index (χ3v) is 3.47. The SMILES string of the molecule is CC1CCc2ccccc2N1c1ncncc1N. The lowest BCUT2D eigenvalue weighted by Gasteiger charge is -2.36. The van der Waals surface area contributed by atoms with Crippen molar-refractivity contribution in [3.63, 3.8) is 0 Å². The average Bonchev–Trinajstić information content (AvgIpc) is 2.40. The van der Waals surface area contributed by atoms with Crippen molar-refractivity contribution in [2.45, 2.75) is 25.8 Å². The van der Waals surface area contributed by atoms with E-state index in [0.29, 0.717) is 11.7 Å². The second-order valence-electron chi connectivity index (χ2n) is 4.69. The molecule has 0 saturated heterocycles. The molecule has 1 unspecified atom stereocenters. The highest BCUT2D eigenvalue weighted by atomic mass is 15.2. The second kappa shape index (κ2) is 4.29. The Labute approximate surface area is 106 Å². The Kier molecular flexibility index (Phi) is 2.63. The van der Waals surface area contributed by atoms with Crippen molar-refractivity contribution in [1.29, 1.82) is 0 Å². The van der Waals surface area contributed by atoms with Crippen molar-refractivity contribution in [2.24, 2.45) is 0 Å². The van der Waals surface area contributed by atoms with Crippen LogP contribution in [-0.4, -0.2) is 16.0 Å². The van der Waals surface area contributed by atoms with E-state index < -0.39 is 0 Å². The monoisotopic (exact) mass is 240 g/mol. The zero-order chi connectivity index (χ0) is 12.5. The van der Waals surface area contributed by atoms with Gasteiger partial charge in [0.25, 0.3) is 0 Å². The van der Waals surface area contributed by atoms with Gasteiger partial charge < -0.3 is 10.6 Å². The number of benzene rings is 1. The first-order valence-corrected chi connectivity index (χ1v) is 6.20. The smallest absolute Gasteiger partial charge is 0.159 e. The molecule has 0 saturated carbocycles. The molecule has 0 spiro atoms. The first kappa shape index (κ1) is 11.0. The number of nitrogens with two attached hydrogens (primary N) is 1. The zero-order valence-electron chi connectivity index (χ0n) is 10.4. The molecule has 0 amide bonds. The first-order valence-electron chi connectivity index (χ1n) is 6.20. The van der Waals surface area contributed by atoms with Gasteiger partial charge in [0.15, 0.2) is 5.82 Å². The number of hydrogen-bond donors (Lipinski definition) is 1. The summed E-state index contributed by atoms with van der Waals surface area (Å²) in [7, 11) is 0. The summed E-state index contributed by atoms with van der Waals surface area (Å²) in [5.74, 6) is 0.810. The van der Waals surface area contributed by atoms with Gasteiger partial charge in [0.05, 0.1) is 11.9 Å². The summed E-state index contributed by atoms with van der Waals surface area (Å²) < 4.78 is 0. The Morgan fingerprint density at radius 2 is 2.17 bits per heavy atom. The minimum atomic E-state index is 0.400. The maximum atomic E-state index is 6.00. The number of para-hydroxylation sites is 1. The van der Waals surface area contributed by atoms with Crippen molar-refractivity contribution in [3.8, 4) is 0 Å². The number of hydrogen-bond acceptors (Lipinski definition) is 4. The van der Waals surface area contributed by atoms with Gasteiger partial charge in [-0.25, -0.2) is 9.97 Å². The van der Waals surface area contributed by atoms with E-state index in [4.69, 9.17) is 5.73 Å². The number of rotatable bonds is 1. The van der Waals surface area contributed by atoms with E-state index >= 15 is 0 Å². The maximum absolute atomic E-state index is 6.00. The fourth-order valence-corrected chi connectivity index (χ4v) is 2.55. The summed E-state index contributed by atoms with van der Waals surface area (Å²) in [5.41, 5.74) is 9.20. The molecule has 2 N–H and O–H groups in total. The Bertz CT molecular complexity index is 567. The van der Waals surface area contributed by atoms with Crippen LogP contribution in [0.5, 0.6) is 0 Å². The minimum Gasteiger partial charge on any atom is -0.394 e. The molecule has 0 aliphatic carbocycles. The van der Waals surface area contributed by atoms with Crippen LogP contribution in [0.1, 0.15) is 18.9 Å². The highest BCUT2D eigenvalue weighted by Gasteiger charge is 2.26. The van der Waals surface area contributed by atoms with Crippen LogP contribution in [0.4, 0.5) is 17.2 Å². The topological polar surface area (TPSA) is 55.0 Å². The number of aryl methyl sites for hydroxylation is 1. The molecule has 2 heterocycles. The molecule has 1 aliphatic heterocycles. The van der Waals surface area contributed by atoms with E-state index in [9.17, 15) is 0 Å². The quantitative estimate of drug-likeness (QED) is 0.832. The Morgan fingerprint density at radius 1 is 1.33 bits per heavy atom. The van der Waals surface area contributed by atoms with Crippen LogP contribution in [0, 0.1) is 0 Å². The molecule has 0 fully saturated rings. The zero-order valence-corrected chi connectivity index (χ0v) is 10.4. The molecule has 1 aliphatic rings. The molecule has 0 bridgehead atoms. The number of fused-ring (bicyclic) bond motifs is 1. The summed E-state index contributed by atoms with van der Waals surface area (Å²) >= 11 is 0. The molecular formula is C14H16N4. The minimum absolute atomic E-state index is 0.400. The van der Waals surface area contributed by atoms with Crippen LogP contribution in [0.25, 0.3) is 0 Å². The van der Waals surface area contributed by atoms with E-state index in [0.717, 1.165) is 18.7 Å². The largest absolute Gasteiger partial charge is 0.394 e. The highest BCUT2D eigenvalue weighted by molar-refractivity contribution is 5.73. The lowest BCUT2D eigenvalue weighted by Crippen LogP contribution is -2.34. The molecular weight excluding hydrogens is 224 g/mol. The lowest BCUT2D eigenvalue weighted by atomic mass is 9.96. The fraction of sp³-hybridized carbons (Fsp3) is 0.286. The first-order chi connectivity index (χ1) is 8.77. The summed E-state index contributed by atoms with van der Waals surface area (Å²) in [4.78, 5) is 10.5. The van der Waals surface area contributed by atoms with Crippen molar-refractivity contribution < 1.29 is 0 Å². The predicted molar refractivity (Wildman–Crippen MR) is 72.8 cm³/mol. The Hall–Kier alpha value is -2.10. The fourth-order valence-electron chi connectivity index (χ4n) is 2.55. The lowest BCUT2D eigenvalue weighted by molar-refractivity contribution is 0.613. The Morgan fingerprint density at radius 3 is 3.00 bits per heavy atom. The van der Waals surface area contributed by atoms with Gasteiger partial charge in [-0.1, -0.05) is 18.2 Å². The van der Waals surface area contributed by atoms with Crippen molar-refractivity contribution in [3.05, 3.63) is 42.4 Å². The highest BCUT2D eigenvalue weighted by Crippen LogP contribution is 2.37. The number of nitrogen functional groups attached to an aromatic ring is 1. The van der Waals surface area contributed by atoms with Gasteiger partial charge in [0.1, 0.15) is 6.33 Å². The molecule has 92 valence electrons. The molecule has 2 aromatic rings. The van der Waals surface area contributed by atoms with E-state index in [1.54, 1.807) is 12.5 Å². The summed E-state index contributed by atoms with van der Waals surface area (Å²) in [5, 5.41) is 0. The normalized spacial score (nSPS) is 18.5. The predicted octanol–water partition coefficient (Wildman–Crippen LogP) is 2.53. The van der Waals surface area contributed by atoms with Crippen LogP contribution < -0.4 is 10.6 Å². The standard InChI is InChI=1S/C14H16N4/c1-10-6-7-11-4-2-3-5-13(11)18(10)14-12(15)8-16-9-17-14/h2-5,8-10H,6-7,15H2,1H3. The van der Waals surface area contributed by atoms with Crippen LogP contribution in [-0.2, 0) is 6.42 Å². The molecule has 1 atom stereocenters. The van der Waals surface area contributed by atoms with Crippen molar-refractivity contribution in [2.75, 3.05) is 10.6 Å². The van der Waals surface area contributed by atoms with E-state index in [1.165, 1.54) is 11.3 Å². The van der Waals surface area contributed by atoms with Gasteiger partial charge in [-0.15, -0.1) is 0 Å². The summed E-state index contributed by atoms with van der Waals surface area (Å²) in [6.07, 6.45) is 5.43. The van der Waals surface area contributed by atoms with Crippen molar-refractivity contribution >= 4 is 17.2 Å². The second-order valence-corrected chi connectivity index (χ2v) is 4.69. The number of nitrogens with zero attached hydrogens (tertiary/aromatic N) is 3. The van der Waals surface area contributed by atoms with Gasteiger partial charge in [-0.2, -0.15) is 0 Å². The summed E-state index contributed by atoms with van der Waals surface area (Å²) in [6.45, 7) is 2.21. The van der Waals surface area contributed by atoms with Crippen LogP contribution >= 0.6 is 0 Å². The molecule has 18 heavy (non-hydrogen) atoms. The van der Waals surface area contributed by atoms with Crippen LogP contribution in [0.2, 0.25) is 0 Å². The van der Waals surface area contributed by atoms with Gasteiger partial charge in [0, 0.05) is 11.7 Å². The average molecular weight is 240 g/mol. The third kappa shape index (κ3) is 1.70. The number of anilines is 3. The van der Waals surface area contributed by atoms with Crippen LogP contribution in [0.3, 0.4) is 0 Å². The van der Waals surface area contributed by atoms with Crippen molar-refractivity contribution in [1.82, 2.24) is 9.97 Å². The molecule has 0 radical (unpaired) electrons. The molecule has 1 aromatic carbocycles. The van der Waals surface area contributed by atoms with Gasteiger partial charge in [-0.05, 0) is 31.4 Å². The van der Waals surface area contributed by atoms with Gasteiger partial charge in [0.2, 0.25) is 0 Å². The number of aromatic nitrogens is 2. The molecule has 1 aromatic heterocycles. The molecule has 3 rings (SSSR count). The van der Waals surface area contributed by atoms with Crippen LogP contribution in [0.15, 0.2) is 36.8 Å². The molecule has 4 nitrogen and oxygen atoms in total. The van der Waals surface area contributed by atoms with Gasteiger partial charge in [-0.3, -0.25) is 0 Å². The Balaban J connectivity index is 2.14. The van der Waals surface area contributed by atoms with E-state index in [2.05, 4.69) is 46.1 Å².